The summed E-state index contributed by atoms with van der Waals surface area (Å²) in [6.45, 7) is -0.199. The molecule has 0 heterocycles. The summed E-state index contributed by atoms with van der Waals surface area (Å²) in [5, 5.41) is 31.1. The predicted octanol–water partition coefficient (Wildman–Crippen LogP) is -0.211. The number of hydrogen-bond acceptors (Lipinski definition) is 4. The van der Waals surface area contributed by atoms with Crippen molar-refractivity contribution in [1.82, 2.24) is 0 Å². The van der Waals surface area contributed by atoms with Crippen molar-refractivity contribution in [3.05, 3.63) is 10.4 Å². The van der Waals surface area contributed by atoms with Crippen LogP contribution in [0.15, 0.2) is 5.11 Å². The van der Waals surface area contributed by atoms with E-state index >= 15 is 0 Å². The number of nitrogens with zero attached hydrogens (tertiary/aromatic N) is 3. The van der Waals surface area contributed by atoms with Gasteiger partial charge in [-0.15, -0.1) is 0 Å². The third-order valence-electron chi connectivity index (χ3n) is 2.40. The molecule has 0 aromatic rings. The normalized spacial score (nSPS) is 39.6. The van der Waals surface area contributed by atoms with Crippen LogP contribution in [0.4, 0.5) is 0 Å². The van der Waals surface area contributed by atoms with E-state index in [9.17, 15) is 10.2 Å². The number of hydrogen-bond donors (Lipinski definition) is 3. The maximum absolute atomic E-state index is 9.54. The van der Waals surface area contributed by atoms with Crippen LogP contribution in [0, 0.1) is 5.92 Å². The first kappa shape index (κ1) is 10.3. The fourth-order valence-corrected chi connectivity index (χ4v) is 1.68. The van der Waals surface area contributed by atoms with Crippen molar-refractivity contribution in [1.29, 1.82) is 0 Å². The average Bonchev–Trinajstić information content (AvgIpc) is 2.11. The Hall–Kier alpha value is -0.810. The number of rotatable bonds is 2. The van der Waals surface area contributed by atoms with Crippen LogP contribution < -0.4 is 0 Å². The van der Waals surface area contributed by atoms with Gasteiger partial charge in [0.15, 0.2) is 0 Å². The molecule has 13 heavy (non-hydrogen) atoms. The van der Waals surface area contributed by atoms with Gasteiger partial charge in [0.2, 0.25) is 0 Å². The summed E-state index contributed by atoms with van der Waals surface area (Å²) in [5.41, 5.74) is 8.18. The molecule has 0 aromatic heterocycles. The Labute approximate surface area is 75.4 Å². The first-order valence-corrected chi connectivity index (χ1v) is 4.20. The van der Waals surface area contributed by atoms with Gasteiger partial charge in [-0.1, -0.05) is 5.11 Å². The van der Waals surface area contributed by atoms with Crippen molar-refractivity contribution < 1.29 is 15.3 Å². The van der Waals surface area contributed by atoms with Crippen LogP contribution in [0.25, 0.3) is 10.4 Å². The van der Waals surface area contributed by atoms with E-state index in [-0.39, 0.29) is 18.9 Å². The molecule has 1 rings (SSSR count). The van der Waals surface area contributed by atoms with Crippen molar-refractivity contribution in [2.75, 3.05) is 6.61 Å². The third kappa shape index (κ3) is 2.32. The van der Waals surface area contributed by atoms with Crippen molar-refractivity contribution in [2.45, 2.75) is 31.1 Å². The van der Waals surface area contributed by atoms with Crippen molar-refractivity contribution in [2.24, 2.45) is 11.0 Å². The molecule has 1 fully saturated rings. The van der Waals surface area contributed by atoms with Crippen LogP contribution >= 0.6 is 0 Å². The molecule has 0 bridgehead atoms. The SMILES string of the molecule is [N-]=[N+]=N[C@@H]1C[C@H](O)C[C@H](CO)[C@H]1O. The van der Waals surface area contributed by atoms with Crippen LogP contribution in [-0.4, -0.2) is 40.2 Å². The topological polar surface area (TPSA) is 109 Å². The Morgan fingerprint density at radius 3 is 2.62 bits per heavy atom. The summed E-state index contributed by atoms with van der Waals surface area (Å²) in [6, 6.07) is -0.620. The fourth-order valence-electron chi connectivity index (χ4n) is 1.68. The predicted molar refractivity (Wildman–Crippen MR) is 44.8 cm³/mol. The highest BCUT2D eigenvalue weighted by molar-refractivity contribution is 4.90. The number of aliphatic hydroxyl groups excluding tert-OH is 3. The minimum Gasteiger partial charge on any atom is -0.396 e. The molecule has 4 atom stereocenters. The zero-order chi connectivity index (χ0) is 9.84. The summed E-state index contributed by atoms with van der Waals surface area (Å²) in [7, 11) is 0. The number of azide groups is 1. The molecule has 3 N–H and O–H groups in total. The van der Waals surface area contributed by atoms with Crippen LogP contribution in [0.1, 0.15) is 12.8 Å². The van der Waals surface area contributed by atoms with E-state index in [1.54, 1.807) is 0 Å². The molecule has 1 aliphatic carbocycles. The maximum Gasteiger partial charge on any atom is 0.0676 e. The maximum atomic E-state index is 9.54. The molecule has 0 saturated heterocycles. The Kier molecular flexibility index (Phi) is 3.50. The molecule has 0 unspecified atom stereocenters. The van der Waals surface area contributed by atoms with Gasteiger partial charge in [0, 0.05) is 17.4 Å². The summed E-state index contributed by atoms with van der Waals surface area (Å²) in [6.07, 6.45) is -0.822. The lowest BCUT2D eigenvalue weighted by Gasteiger charge is -2.33. The van der Waals surface area contributed by atoms with Crippen LogP contribution in [0.5, 0.6) is 0 Å². The van der Waals surface area contributed by atoms with E-state index in [2.05, 4.69) is 10.0 Å². The second kappa shape index (κ2) is 4.43. The minimum atomic E-state index is -0.843. The first-order chi connectivity index (χ1) is 6.19. The molecular weight excluding hydrogens is 174 g/mol. The quantitative estimate of drug-likeness (QED) is 0.316. The van der Waals surface area contributed by atoms with E-state index in [4.69, 9.17) is 10.6 Å². The smallest absolute Gasteiger partial charge is 0.0676 e. The monoisotopic (exact) mass is 187 g/mol. The van der Waals surface area contributed by atoms with E-state index in [0.29, 0.717) is 6.42 Å². The second-order valence-electron chi connectivity index (χ2n) is 3.33. The van der Waals surface area contributed by atoms with Crippen LogP contribution in [-0.2, 0) is 0 Å². The lowest BCUT2D eigenvalue weighted by molar-refractivity contribution is -0.0276. The molecule has 0 spiro atoms. The van der Waals surface area contributed by atoms with Gasteiger partial charge in [-0.2, -0.15) is 0 Å². The average molecular weight is 187 g/mol. The van der Waals surface area contributed by atoms with Gasteiger partial charge in [-0.05, 0) is 18.4 Å². The van der Waals surface area contributed by atoms with Crippen LogP contribution in [0.3, 0.4) is 0 Å². The Morgan fingerprint density at radius 2 is 2.08 bits per heavy atom. The highest BCUT2D eigenvalue weighted by atomic mass is 16.3. The molecule has 0 aliphatic heterocycles. The summed E-state index contributed by atoms with van der Waals surface area (Å²) in [5.74, 6) is -0.390. The lowest BCUT2D eigenvalue weighted by Crippen LogP contribution is -2.43. The molecule has 1 saturated carbocycles. The Bertz CT molecular complexity index is 217. The molecule has 1 aliphatic rings. The summed E-state index contributed by atoms with van der Waals surface area (Å²) >= 11 is 0. The van der Waals surface area contributed by atoms with Gasteiger partial charge in [-0.25, -0.2) is 0 Å². The van der Waals surface area contributed by atoms with E-state index in [0.717, 1.165) is 0 Å². The van der Waals surface area contributed by atoms with Gasteiger partial charge in [0.05, 0.1) is 18.2 Å². The summed E-state index contributed by atoms with van der Waals surface area (Å²) < 4.78 is 0. The highest BCUT2D eigenvalue weighted by Gasteiger charge is 2.34. The Balaban J connectivity index is 2.68. The van der Waals surface area contributed by atoms with Gasteiger partial charge in [0.1, 0.15) is 0 Å². The highest BCUT2D eigenvalue weighted by Crippen LogP contribution is 2.27. The number of aliphatic hydroxyl groups is 3. The fraction of sp³-hybridized carbons (Fsp3) is 1.00. The second-order valence-corrected chi connectivity index (χ2v) is 3.33. The van der Waals surface area contributed by atoms with Gasteiger partial charge < -0.3 is 15.3 Å². The van der Waals surface area contributed by atoms with Gasteiger partial charge in [-0.3, -0.25) is 0 Å². The molecule has 0 amide bonds. The first-order valence-electron chi connectivity index (χ1n) is 4.20. The van der Waals surface area contributed by atoms with E-state index < -0.39 is 18.2 Å². The molecule has 0 aromatic carbocycles. The third-order valence-corrected chi connectivity index (χ3v) is 2.40. The van der Waals surface area contributed by atoms with Gasteiger partial charge in [0.25, 0.3) is 0 Å². The minimum absolute atomic E-state index is 0.199. The standard InChI is InChI=1S/C7H13N3O3/c8-10-9-6-2-5(12)1-4(3-11)7(6)13/h4-7,11-13H,1-3H2/t4-,5-,6-,7-/m1/s1. The zero-order valence-electron chi connectivity index (χ0n) is 7.11. The molecular formula is C7H13N3O3. The van der Waals surface area contributed by atoms with Crippen molar-refractivity contribution in [3.63, 3.8) is 0 Å². The molecule has 0 radical (unpaired) electrons. The van der Waals surface area contributed by atoms with Gasteiger partial charge >= 0.3 is 0 Å². The summed E-state index contributed by atoms with van der Waals surface area (Å²) in [4.78, 5) is 2.59. The van der Waals surface area contributed by atoms with E-state index in [1.165, 1.54) is 0 Å². The molecule has 6 nitrogen and oxygen atoms in total. The Morgan fingerprint density at radius 1 is 1.38 bits per heavy atom. The van der Waals surface area contributed by atoms with Crippen LogP contribution in [0.2, 0.25) is 0 Å². The zero-order valence-corrected chi connectivity index (χ0v) is 7.11. The van der Waals surface area contributed by atoms with Crippen molar-refractivity contribution in [3.8, 4) is 0 Å². The molecule has 6 heteroatoms. The van der Waals surface area contributed by atoms with E-state index in [1.807, 2.05) is 0 Å². The molecule has 74 valence electrons. The lowest BCUT2D eigenvalue weighted by atomic mass is 9.82. The van der Waals surface area contributed by atoms with Crippen molar-refractivity contribution >= 4 is 0 Å². The largest absolute Gasteiger partial charge is 0.396 e.